The van der Waals surface area contributed by atoms with Crippen LogP contribution in [0.15, 0.2) is 78.9 Å². The van der Waals surface area contributed by atoms with E-state index in [9.17, 15) is 14.0 Å². The molecule has 1 aliphatic heterocycles. The van der Waals surface area contributed by atoms with Gasteiger partial charge in [0.2, 0.25) is 5.91 Å². The van der Waals surface area contributed by atoms with Crippen molar-refractivity contribution in [2.75, 3.05) is 19.0 Å². The molecule has 1 heterocycles. The van der Waals surface area contributed by atoms with Gasteiger partial charge < -0.3 is 15.0 Å². The number of ether oxygens (including phenoxy) is 1. The second kappa shape index (κ2) is 11.1. The quantitative estimate of drug-likeness (QED) is 0.450. The van der Waals surface area contributed by atoms with Gasteiger partial charge in [-0.15, -0.1) is 0 Å². The fourth-order valence-corrected chi connectivity index (χ4v) is 4.39. The Hall–Kier alpha value is -3.78. The predicted molar refractivity (Wildman–Crippen MR) is 136 cm³/mol. The van der Waals surface area contributed by atoms with E-state index in [1.54, 1.807) is 53.3 Å². The van der Waals surface area contributed by atoms with Crippen LogP contribution in [0.25, 0.3) is 0 Å². The number of carbonyl (C=O) groups excluding carboxylic acids is 2. The molecule has 0 spiro atoms. The molecule has 35 heavy (non-hydrogen) atoms. The molecule has 0 aliphatic carbocycles. The first kappa shape index (κ1) is 24.3. The standard InChI is InChI=1S/C27H26FN3O3S/c1-34-23-13-11-22(12-14-23)29-25(32)17-24-26(33)31(18-20-5-3-2-4-6-20)27(35)30(24)16-15-19-7-9-21(28)10-8-19/h2-14,24H,15-18H2,1H3,(H,29,32). The van der Waals surface area contributed by atoms with Crippen LogP contribution in [-0.2, 0) is 22.6 Å². The Bertz CT molecular complexity index is 1190. The van der Waals surface area contributed by atoms with Gasteiger partial charge in [0.25, 0.3) is 5.91 Å². The molecular formula is C27H26FN3O3S. The van der Waals surface area contributed by atoms with Crippen LogP contribution in [0.1, 0.15) is 17.5 Å². The maximum absolute atomic E-state index is 13.4. The van der Waals surface area contributed by atoms with Crippen LogP contribution in [0.5, 0.6) is 5.75 Å². The van der Waals surface area contributed by atoms with Gasteiger partial charge in [0.05, 0.1) is 20.1 Å². The van der Waals surface area contributed by atoms with Crippen molar-refractivity contribution in [2.24, 2.45) is 0 Å². The Morgan fingerprint density at radius 1 is 1.00 bits per heavy atom. The van der Waals surface area contributed by atoms with Crippen molar-refractivity contribution in [3.05, 3.63) is 95.8 Å². The molecule has 2 amide bonds. The molecule has 0 bridgehead atoms. The number of carbonyl (C=O) groups is 2. The van der Waals surface area contributed by atoms with Crippen LogP contribution in [0.4, 0.5) is 10.1 Å². The first-order chi connectivity index (χ1) is 16.9. The summed E-state index contributed by atoms with van der Waals surface area (Å²) < 4.78 is 18.4. The van der Waals surface area contributed by atoms with Crippen LogP contribution in [0.3, 0.4) is 0 Å². The summed E-state index contributed by atoms with van der Waals surface area (Å²) in [6.07, 6.45) is 0.517. The van der Waals surface area contributed by atoms with Gasteiger partial charge >= 0.3 is 0 Å². The molecule has 6 nitrogen and oxygen atoms in total. The van der Waals surface area contributed by atoms with Crippen LogP contribution >= 0.6 is 12.2 Å². The molecule has 1 fully saturated rings. The van der Waals surface area contributed by atoms with Crippen LogP contribution < -0.4 is 10.1 Å². The smallest absolute Gasteiger partial charge is 0.252 e. The van der Waals surface area contributed by atoms with Gasteiger partial charge in [-0.3, -0.25) is 14.5 Å². The second-order valence-electron chi connectivity index (χ2n) is 8.26. The highest BCUT2D eigenvalue weighted by atomic mass is 32.1. The van der Waals surface area contributed by atoms with E-state index in [4.69, 9.17) is 17.0 Å². The zero-order chi connectivity index (χ0) is 24.8. The topological polar surface area (TPSA) is 61.9 Å². The lowest BCUT2D eigenvalue weighted by Crippen LogP contribution is -2.39. The average Bonchev–Trinajstić information content (AvgIpc) is 3.08. The number of benzene rings is 3. The Morgan fingerprint density at radius 2 is 1.69 bits per heavy atom. The third-order valence-corrected chi connectivity index (χ3v) is 6.35. The Kier molecular flexibility index (Phi) is 7.72. The summed E-state index contributed by atoms with van der Waals surface area (Å²) in [4.78, 5) is 29.6. The van der Waals surface area contributed by atoms with E-state index in [0.29, 0.717) is 36.1 Å². The van der Waals surface area contributed by atoms with Crippen molar-refractivity contribution in [3.8, 4) is 5.75 Å². The highest BCUT2D eigenvalue weighted by molar-refractivity contribution is 7.80. The highest BCUT2D eigenvalue weighted by Crippen LogP contribution is 2.24. The van der Waals surface area contributed by atoms with Gasteiger partial charge in [-0.2, -0.15) is 0 Å². The molecule has 4 rings (SSSR count). The molecule has 3 aromatic rings. The fraction of sp³-hybridized carbons (Fsp3) is 0.222. The summed E-state index contributed by atoms with van der Waals surface area (Å²) in [7, 11) is 1.57. The molecule has 0 aromatic heterocycles. The van der Waals surface area contributed by atoms with Crippen molar-refractivity contribution in [1.82, 2.24) is 9.80 Å². The number of nitrogens with zero attached hydrogens (tertiary/aromatic N) is 2. The van der Waals surface area contributed by atoms with Crippen LogP contribution in [-0.4, -0.2) is 46.4 Å². The van der Waals surface area contributed by atoms with E-state index in [0.717, 1.165) is 11.1 Å². The number of methoxy groups -OCH3 is 1. The summed E-state index contributed by atoms with van der Waals surface area (Å²) in [6.45, 7) is 0.768. The van der Waals surface area contributed by atoms with Gasteiger partial charge in [0.1, 0.15) is 17.6 Å². The van der Waals surface area contributed by atoms with Crippen molar-refractivity contribution in [2.45, 2.75) is 25.4 Å². The third kappa shape index (κ3) is 6.02. The lowest BCUT2D eigenvalue weighted by molar-refractivity contribution is -0.131. The van der Waals surface area contributed by atoms with E-state index < -0.39 is 6.04 Å². The molecule has 0 radical (unpaired) electrons. The van der Waals surface area contributed by atoms with E-state index in [-0.39, 0.29) is 24.1 Å². The van der Waals surface area contributed by atoms with E-state index >= 15 is 0 Å². The van der Waals surface area contributed by atoms with Crippen molar-refractivity contribution < 1.29 is 18.7 Å². The molecular weight excluding hydrogens is 465 g/mol. The Balaban J connectivity index is 1.49. The number of nitrogens with one attached hydrogen (secondary N) is 1. The van der Waals surface area contributed by atoms with Crippen LogP contribution in [0, 0.1) is 5.82 Å². The van der Waals surface area contributed by atoms with Crippen LogP contribution in [0.2, 0.25) is 0 Å². The third-order valence-electron chi connectivity index (χ3n) is 5.89. The number of amides is 2. The molecule has 1 N–H and O–H groups in total. The molecule has 1 atom stereocenters. The highest BCUT2D eigenvalue weighted by Gasteiger charge is 2.43. The molecule has 8 heteroatoms. The number of hydrogen-bond acceptors (Lipinski definition) is 4. The van der Waals surface area contributed by atoms with Gasteiger partial charge in [-0.1, -0.05) is 42.5 Å². The minimum atomic E-state index is -0.718. The molecule has 180 valence electrons. The largest absolute Gasteiger partial charge is 0.497 e. The van der Waals surface area contributed by atoms with Crippen molar-refractivity contribution in [1.29, 1.82) is 0 Å². The Labute approximate surface area is 209 Å². The van der Waals surface area contributed by atoms with Gasteiger partial charge in [0, 0.05) is 12.2 Å². The number of thiocarbonyl (C=S) groups is 1. The van der Waals surface area contributed by atoms with Gasteiger partial charge in [-0.05, 0) is 66.2 Å². The zero-order valence-electron chi connectivity index (χ0n) is 19.3. The van der Waals surface area contributed by atoms with Crippen molar-refractivity contribution >= 4 is 34.8 Å². The number of halogens is 1. The van der Waals surface area contributed by atoms with Gasteiger partial charge in [0.15, 0.2) is 5.11 Å². The fourth-order valence-electron chi connectivity index (χ4n) is 4.02. The minimum Gasteiger partial charge on any atom is -0.497 e. The van der Waals surface area contributed by atoms with Gasteiger partial charge in [-0.25, -0.2) is 4.39 Å². The summed E-state index contributed by atoms with van der Waals surface area (Å²) in [5, 5.41) is 3.24. The first-order valence-electron chi connectivity index (χ1n) is 11.3. The normalized spacial score (nSPS) is 15.4. The SMILES string of the molecule is COc1ccc(NC(=O)CC2C(=O)N(Cc3ccccc3)C(=S)N2CCc2ccc(F)cc2)cc1. The average molecular weight is 492 g/mol. The monoisotopic (exact) mass is 491 g/mol. The maximum atomic E-state index is 13.4. The van der Waals surface area contributed by atoms with E-state index in [1.807, 2.05) is 30.3 Å². The first-order valence-corrected chi connectivity index (χ1v) is 11.7. The molecule has 1 aliphatic rings. The van der Waals surface area contributed by atoms with Crippen molar-refractivity contribution in [3.63, 3.8) is 0 Å². The molecule has 1 unspecified atom stereocenters. The minimum absolute atomic E-state index is 0.0420. The number of hydrogen-bond donors (Lipinski definition) is 1. The summed E-state index contributed by atoms with van der Waals surface area (Å²) in [6, 6.07) is 22.1. The second-order valence-corrected chi connectivity index (χ2v) is 8.62. The summed E-state index contributed by atoms with van der Waals surface area (Å²) in [5.74, 6) is -0.113. The number of rotatable bonds is 9. The number of anilines is 1. The molecule has 1 saturated heterocycles. The molecule has 3 aromatic carbocycles. The lowest BCUT2D eigenvalue weighted by Gasteiger charge is -2.24. The van der Waals surface area contributed by atoms with E-state index in [2.05, 4.69) is 5.32 Å². The lowest BCUT2D eigenvalue weighted by atomic mass is 10.1. The maximum Gasteiger partial charge on any atom is 0.252 e. The molecule has 0 saturated carbocycles. The summed E-state index contributed by atoms with van der Waals surface area (Å²) >= 11 is 5.69. The predicted octanol–water partition coefficient (Wildman–Crippen LogP) is 4.40. The zero-order valence-corrected chi connectivity index (χ0v) is 20.1. The van der Waals surface area contributed by atoms with E-state index in [1.165, 1.54) is 12.1 Å². The summed E-state index contributed by atoms with van der Waals surface area (Å²) in [5.41, 5.74) is 2.48. The Morgan fingerprint density at radius 3 is 2.34 bits per heavy atom.